The summed E-state index contributed by atoms with van der Waals surface area (Å²) >= 11 is 4.79. The zero-order valence-corrected chi connectivity index (χ0v) is 10.6. The number of carbonyl (C=O) groups excluding carboxylic acids is 2. The number of likely N-dealkylation sites (tertiary alicyclic amines) is 1. The Balaban J connectivity index is 2.13. The van der Waals surface area contributed by atoms with Gasteiger partial charge in [0.2, 0.25) is 0 Å². The molecule has 9 heteroatoms. The second-order valence-electron chi connectivity index (χ2n) is 4.26. The first kappa shape index (κ1) is 14.0. The van der Waals surface area contributed by atoms with Crippen molar-refractivity contribution >= 4 is 29.2 Å². The number of thiocarbonyl (C=S) groups is 1. The molecular formula is C10H11F3N2O3S. The summed E-state index contributed by atoms with van der Waals surface area (Å²) in [6.45, 7) is 0.364. The van der Waals surface area contributed by atoms with Gasteiger partial charge in [-0.05, 0) is 25.1 Å². The lowest BCUT2D eigenvalue weighted by Gasteiger charge is -2.27. The molecule has 1 atom stereocenters. The van der Waals surface area contributed by atoms with Crippen LogP contribution in [0.25, 0.3) is 0 Å². The average Bonchev–Trinajstić information content (AvgIpc) is 2.94. The number of halogens is 3. The first-order chi connectivity index (χ1) is 8.82. The van der Waals surface area contributed by atoms with Gasteiger partial charge >= 0.3 is 12.1 Å². The smallest absolute Gasteiger partial charge is 0.469 e. The largest absolute Gasteiger partial charge is 0.471 e. The third kappa shape index (κ3) is 2.65. The Morgan fingerprint density at radius 2 is 2.00 bits per heavy atom. The van der Waals surface area contributed by atoms with Gasteiger partial charge in [0.25, 0.3) is 11.1 Å². The maximum atomic E-state index is 12.4. The second-order valence-corrected chi connectivity index (χ2v) is 4.61. The van der Waals surface area contributed by atoms with Crippen molar-refractivity contribution in [3.8, 4) is 0 Å². The number of ether oxygens (including phenoxy) is 1. The molecule has 106 valence electrons. The molecule has 0 unspecified atom stereocenters. The highest BCUT2D eigenvalue weighted by Crippen LogP contribution is 2.27. The van der Waals surface area contributed by atoms with Crippen LogP contribution in [0.15, 0.2) is 0 Å². The van der Waals surface area contributed by atoms with Crippen LogP contribution in [0, 0.1) is 0 Å². The van der Waals surface area contributed by atoms with Crippen LogP contribution in [0.4, 0.5) is 13.2 Å². The summed E-state index contributed by atoms with van der Waals surface area (Å²) in [6, 6.07) is -1.10. The van der Waals surface area contributed by atoms with E-state index in [-0.39, 0.29) is 31.3 Å². The van der Waals surface area contributed by atoms with E-state index in [0.29, 0.717) is 11.3 Å². The zero-order valence-electron chi connectivity index (χ0n) is 9.77. The van der Waals surface area contributed by atoms with Crippen LogP contribution in [0.5, 0.6) is 0 Å². The van der Waals surface area contributed by atoms with Crippen LogP contribution in [0.2, 0.25) is 0 Å². The Hall–Kier alpha value is -1.38. The lowest BCUT2D eigenvalue weighted by molar-refractivity contribution is -0.187. The molecule has 2 aliphatic rings. The summed E-state index contributed by atoms with van der Waals surface area (Å²) in [4.78, 5) is 25.0. The molecule has 2 amide bonds. The van der Waals surface area contributed by atoms with Gasteiger partial charge in [-0.2, -0.15) is 13.2 Å². The molecule has 0 saturated carbocycles. The minimum atomic E-state index is -4.97. The van der Waals surface area contributed by atoms with Gasteiger partial charge in [-0.15, -0.1) is 0 Å². The van der Waals surface area contributed by atoms with E-state index in [1.165, 1.54) is 0 Å². The van der Waals surface area contributed by atoms with E-state index < -0.39 is 24.0 Å². The Morgan fingerprint density at radius 1 is 1.32 bits per heavy atom. The molecule has 0 aromatic rings. The van der Waals surface area contributed by atoms with Crippen LogP contribution in [-0.2, 0) is 14.3 Å². The molecule has 0 aliphatic carbocycles. The fourth-order valence-electron chi connectivity index (χ4n) is 2.20. The first-order valence-electron chi connectivity index (χ1n) is 5.68. The zero-order chi connectivity index (χ0) is 14.2. The van der Waals surface area contributed by atoms with Crippen molar-refractivity contribution in [1.82, 2.24) is 9.80 Å². The second kappa shape index (κ2) is 4.95. The number of amides is 2. The first-order valence-corrected chi connectivity index (χ1v) is 6.09. The fraction of sp³-hybridized carbons (Fsp3) is 0.700. The molecule has 0 aromatic heterocycles. The van der Waals surface area contributed by atoms with E-state index in [0.717, 1.165) is 4.90 Å². The summed E-state index contributed by atoms with van der Waals surface area (Å²) < 4.78 is 42.2. The van der Waals surface area contributed by atoms with Crippen molar-refractivity contribution < 1.29 is 27.5 Å². The highest BCUT2D eigenvalue weighted by atomic mass is 32.1. The van der Waals surface area contributed by atoms with Crippen molar-refractivity contribution in [2.24, 2.45) is 0 Å². The molecule has 2 heterocycles. The molecule has 2 aliphatic heterocycles. The predicted octanol–water partition coefficient (Wildman–Crippen LogP) is 0.683. The highest BCUT2D eigenvalue weighted by molar-refractivity contribution is 7.80. The number of carbonyl (C=O) groups is 2. The monoisotopic (exact) mass is 296 g/mol. The Labute approximate surface area is 112 Å². The fourth-order valence-corrected chi connectivity index (χ4v) is 2.47. The van der Waals surface area contributed by atoms with Crippen molar-refractivity contribution in [1.29, 1.82) is 0 Å². The SMILES string of the molecule is O=C([C@H]1CCCN1C(=O)C(F)(F)F)N1CCOC1=S. The minimum absolute atomic E-state index is 0.0451. The molecule has 2 saturated heterocycles. The molecule has 0 radical (unpaired) electrons. The summed E-state index contributed by atoms with van der Waals surface area (Å²) in [5.74, 6) is -2.58. The summed E-state index contributed by atoms with van der Waals surface area (Å²) in [6.07, 6.45) is -4.40. The van der Waals surface area contributed by atoms with E-state index in [9.17, 15) is 22.8 Å². The van der Waals surface area contributed by atoms with E-state index in [4.69, 9.17) is 17.0 Å². The maximum Gasteiger partial charge on any atom is 0.471 e. The van der Waals surface area contributed by atoms with Gasteiger partial charge in [0.1, 0.15) is 12.6 Å². The molecule has 5 nitrogen and oxygen atoms in total. The number of alkyl halides is 3. The molecule has 2 rings (SSSR count). The maximum absolute atomic E-state index is 12.4. The van der Waals surface area contributed by atoms with Gasteiger partial charge in [-0.25, -0.2) is 0 Å². The van der Waals surface area contributed by atoms with E-state index in [1.54, 1.807) is 0 Å². The Kier molecular flexibility index (Phi) is 3.66. The normalized spacial score (nSPS) is 23.7. The average molecular weight is 296 g/mol. The number of rotatable bonds is 1. The standard InChI is InChI=1S/C10H11F3N2O3S/c11-10(12,13)8(17)14-3-1-2-6(14)7(16)15-4-5-18-9(15)19/h6H,1-5H2/t6-/m1/s1. The van der Waals surface area contributed by atoms with Gasteiger partial charge in [0.15, 0.2) is 0 Å². The Morgan fingerprint density at radius 3 is 2.53 bits per heavy atom. The summed E-state index contributed by atoms with van der Waals surface area (Å²) in [5.41, 5.74) is 0. The van der Waals surface area contributed by atoms with Gasteiger partial charge in [-0.1, -0.05) is 0 Å². The van der Waals surface area contributed by atoms with E-state index in [2.05, 4.69) is 0 Å². The topological polar surface area (TPSA) is 49.9 Å². The van der Waals surface area contributed by atoms with Crippen molar-refractivity contribution in [3.63, 3.8) is 0 Å². The van der Waals surface area contributed by atoms with Crippen molar-refractivity contribution in [2.75, 3.05) is 19.7 Å². The van der Waals surface area contributed by atoms with Crippen molar-refractivity contribution in [2.45, 2.75) is 25.1 Å². The molecule has 0 aromatic carbocycles. The molecule has 0 N–H and O–H groups in total. The van der Waals surface area contributed by atoms with Gasteiger partial charge in [-0.3, -0.25) is 14.5 Å². The summed E-state index contributed by atoms with van der Waals surface area (Å²) in [5, 5.41) is -0.0451. The third-order valence-electron chi connectivity index (χ3n) is 3.07. The lowest BCUT2D eigenvalue weighted by Crippen LogP contribution is -2.51. The molecule has 0 bridgehead atoms. The third-order valence-corrected chi connectivity index (χ3v) is 3.41. The van der Waals surface area contributed by atoms with Crippen LogP contribution in [0.1, 0.15) is 12.8 Å². The quantitative estimate of drug-likeness (QED) is 0.668. The van der Waals surface area contributed by atoms with Crippen molar-refractivity contribution in [3.05, 3.63) is 0 Å². The van der Waals surface area contributed by atoms with Crippen LogP contribution < -0.4 is 0 Å². The lowest BCUT2D eigenvalue weighted by atomic mass is 10.2. The molecule has 19 heavy (non-hydrogen) atoms. The number of nitrogens with zero attached hydrogens (tertiary/aromatic N) is 2. The summed E-state index contributed by atoms with van der Waals surface area (Å²) in [7, 11) is 0. The molecule has 0 spiro atoms. The minimum Gasteiger partial charge on any atom is -0.469 e. The van der Waals surface area contributed by atoms with Gasteiger partial charge in [0.05, 0.1) is 6.54 Å². The number of hydrogen-bond donors (Lipinski definition) is 0. The van der Waals surface area contributed by atoms with Crippen LogP contribution in [0.3, 0.4) is 0 Å². The predicted molar refractivity (Wildman–Crippen MR) is 61.1 cm³/mol. The van der Waals surface area contributed by atoms with Crippen LogP contribution >= 0.6 is 12.2 Å². The highest BCUT2D eigenvalue weighted by Gasteiger charge is 2.49. The van der Waals surface area contributed by atoms with Crippen LogP contribution in [-0.4, -0.2) is 58.7 Å². The van der Waals surface area contributed by atoms with Gasteiger partial charge < -0.3 is 9.64 Å². The molecule has 2 fully saturated rings. The van der Waals surface area contributed by atoms with E-state index in [1.807, 2.05) is 0 Å². The van der Waals surface area contributed by atoms with E-state index >= 15 is 0 Å². The number of hydrogen-bond acceptors (Lipinski definition) is 4. The van der Waals surface area contributed by atoms with Gasteiger partial charge in [0, 0.05) is 6.54 Å². The Bertz CT molecular complexity index is 427. The molecular weight excluding hydrogens is 285 g/mol.